The minimum Gasteiger partial charge on any atom is -0.406 e. The maximum Gasteiger partial charge on any atom is 0.322 e. The molecule has 1 atom stereocenters. The lowest BCUT2D eigenvalue weighted by Crippen LogP contribution is -2.13. The van der Waals surface area contributed by atoms with Crippen molar-refractivity contribution < 1.29 is 9.21 Å². The Hall–Kier alpha value is -1.87. The highest BCUT2D eigenvalue weighted by atomic mass is 32.1. The third-order valence-corrected chi connectivity index (χ3v) is 3.27. The van der Waals surface area contributed by atoms with Crippen LogP contribution in [0.4, 0.5) is 6.01 Å². The number of hydrogen-bond acceptors (Lipinski definition) is 8. The average Bonchev–Trinajstić information content (AvgIpc) is 3.12. The molecule has 0 aliphatic carbocycles. The van der Waals surface area contributed by atoms with Crippen molar-refractivity contribution in [3.05, 3.63) is 17.0 Å². The van der Waals surface area contributed by atoms with Gasteiger partial charge in [-0.15, -0.1) is 10.2 Å². The molecule has 0 saturated carbocycles. The summed E-state index contributed by atoms with van der Waals surface area (Å²) in [7, 11) is 0. The van der Waals surface area contributed by atoms with Gasteiger partial charge in [0.15, 0.2) is 0 Å². The Morgan fingerprint density at radius 3 is 3.22 bits per heavy atom. The van der Waals surface area contributed by atoms with E-state index < -0.39 is 0 Å². The van der Waals surface area contributed by atoms with Crippen molar-refractivity contribution in [3.8, 4) is 0 Å². The number of nitrogens with one attached hydrogen (secondary N) is 2. The third-order valence-electron chi connectivity index (χ3n) is 2.60. The fourth-order valence-corrected chi connectivity index (χ4v) is 2.16. The van der Waals surface area contributed by atoms with Crippen LogP contribution >= 0.6 is 11.5 Å². The van der Waals surface area contributed by atoms with Gasteiger partial charge in [-0.1, -0.05) is 9.59 Å². The van der Waals surface area contributed by atoms with E-state index >= 15 is 0 Å². The molecule has 9 heteroatoms. The zero-order chi connectivity index (χ0) is 12.4. The van der Waals surface area contributed by atoms with Crippen molar-refractivity contribution >= 4 is 23.5 Å². The predicted octanol–water partition coefficient (Wildman–Crippen LogP) is 0.598. The lowest BCUT2D eigenvalue weighted by atomic mass is 10.2. The molecule has 8 nitrogen and oxygen atoms in total. The SMILES string of the molecule is O=C(Nc1nnc(C2CCCN2)o1)c1cnns1. The summed E-state index contributed by atoms with van der Waals surface area (Å²) in [6.45, 7) is 0.946. The molecule has 18 heavy (non-hydrogen) atoms. The molecule has 3 rings (SSSR count). The summed E-state index contributed by atoms with van der Waals surface area (Å²) < 4.78 is 8.99. The molecule has 1 aliphatic heterocycles. The number of anilines is 1. The largest absolute Gasteiger partial charge is 0.406 e. The standard InChI is InChI=1S/C9H10N6O2S/c16-7(6-4-11-15-18-6)12-9-14-13-8(17-9)5-2-1-3-10-5/h4-5,10H,1-3H2,(H,12,14,16). The number of aromatic nitrogens is 4. The van der Waals surface area contributed by atoms with Crippen molar-refractivity contribution in [2.24, 2.45) is 0 Å². The molecule has 1 amide bonds. The maximum atomic E-state index is 11.7. The van der Waals surface area contributed by atoms with Crippen LogP contribution in [-0.4, -0.2) is 32.2 Å². The summed E-state index contributed by atoms with van der Waals surface area (Å²) in [5.41, 5.74) is 0. The molecule has 0 bridgehead atoms. The zero-order valence-electron chi connectivity index (χ0n) is 9.29. The molecule has 0 aromatic carbocycles. The van der Waals surface area contributed by atoms with Gasteiger partial charge in [-0.2, -0.15) is 0 Å². The summed E-state index contributed by atoms with van der Waals surface area (Å²) in [5.74, 6) is 0.157. The Labute approximate surface area is 106 Å². The van der Waals surface area contributed by atoms with Crippen LogP contribution in [0.2, 0.25) is 0 Å². The van der Waals surface area contributed by atoms with E-state index in [4.69, 9.17) is 4.42 Å². The van der Waals surface area contributed by atoms with E-state index in [1.54, 1.807) is 0 Å². The van der Waals surface area contributed by atoms with Gasteiger partial charge >= 0.3 is 6.01 Å². The van der Waals surface area contributed by atoms with Crippen LogP contribution in [-0.2, 0) is 0 Å². The van der Waals surface area contributed by atoms with Crippen molar-refractivity contribution in [2.75, 3.05) is 11.9 Å². The molecule has 1 fully saturated rings. The number of carbonyl (C=O) groups is 1. The first-order valence-corrected chi connectivity index (χ1v) is 6.26. The molecule has 1 saturated heterocycles. The summed E-state index contributed by atoms with van der Waals surface area (Å²) in [6, 6.07) is 0.185. The minimum atomic E-state index is -0.348. The van der Waals surface area contributed by atoms with E-state index in [0.29, 0.717) is 10.8 Å². The third kappa shape index (κ3) is 2.22. The highest BCUT2D eigenvalue weighted by Gasteiger charge is 2.22. The topological polar surface area (TPSA) is 106 Å². The normalized spacial score (nSPS) is 19.0. The second-order valence-electron chi connectivity index (χ2n) is 3.83. The first-order valence-electron chi connectivity index (χ1n) is 5.48. The highest BCUT2D eigenvalue weighted by molar-refractivity contribution is 7.07. The van der Waals surface area contributed by atoms with Crippen LogP contribution in [0.5, 0.6) is 0 Å². The van der Waals surface area contributed by atoms with E-state index in [2.05, 4.69) is 30.4 Å². The van der Waals surface area contributed by atoms with Gasteiger partial charge in [0.25, 0.3) is 5.91 Å². The highest BCUT2D eigenvalue weighted by Crippen LogP contribution is 2.23. The molecule has 2 aromatic rings. The Morgan fingerprint density at radius 2 is 2.50 bits per heavy atom. The number of nitrogens with zero attached hydrogens (tertiary/aromatic N) is 4. The smallest absolute Gasteiger partial charge is 0.322 e. The molecule has 1 unspecified atom stereocenters. The fourth-order valence-electron chi connectivity index (χ4n) is 1.75. The van der Waals surface area contributed by atoms with Crippen LogP contribution < -0.4 is 10.6 Å². The summed E-state index contributed by atoms with van der Waals surface area (Å²) in [4.78, 5) is 12.1. The van der Waals surface area contributed by atoms with E-state index in [1.165, 1.54) is 6.20 Å². The van der Waals surface area contributed by atoms with E-state index in [9.17, 15) is 4.79 Å². The number of carbonyl (C=O) groups excluding carboxylic acids is 1. The van der Waals surface area contributed by atoms with Gasteiger partial charge in [-0.3, -0.25) is 10.1 Å². The molecule has 2 aromatic heterocycles. The molecule has 0 radical (unpaired) electrons. The second kappa shape index (κ2) is 4.78. The average molecular weight is 266 g/mol. The quantitative estimate of drug-likeness (QED) is 0.837. The van der Waals surface area contributed by atoms with Gasteiger partial charge in [-0.05, 0) is 30.9 Å². The van der Waals surface area contributed by atoms with Crippen molar-refractivity contribution in [1.29, 1.82) is 0 Å². The van der Waals surface area contributed by atoms with Gasteiger partial charge in [-0.25, -0.2) is 0 Å². The second-order valence-corrected chi connectivity index (χ2v) is 4.62. The Balaban J connectivity index is 1.68. The molecular weight excluding hydrogens is 256 g/mol. The maximum absolute atomic E-state index is 11.7. The lowest BCUT2D eigenvalue weighted by Gasteiger charge is -2.02. The summed E-state index contributed by atoms with van der Waals surface area (Å²) in [6.07, 6.45) is 3.44. The summed E-state index contributed by atoms with van der Waals surface area (Å²) >= 11 is 1.01. The van der Waals surface area contributed by atoms with E-state index in [-0.39, 0.29) is 18.0 Å². The molecule has 1 aliphatic rings. The summed E-state index contributed by atoms with van der Waals surface area (Å²) in [5, 5.41) is 17.0. The van der Waals surface area contributed by atoms with Gasteiger partial charge in [0, 0.05) is 0 Å². The number of rotatable bonds is 3. The minimum absolute atomic E-state index is 0.0909. The first-order chi connectivity index (χ1) is 8.83. The first kappa shape index (κ1) is 11.2. The zero-order valence-corrected chi connectivity index (χ0v) is 10.1. The monoisotopic (exact) mass is 266 g/mol. The van der Waals surface area contributed by atoms with Crippen molar-refractivity contribution in [2.45, 2.75) is 18.9 Å². The number of amides is 1. The Kier molecular flexibility index (Phi) is 2.99. The van der Waals surface area contributed by atoms with Crippen molar-refractivity contribution in [1.82, 2.24) is 25.1 Å². The van der Waals surface area contributed by atoms with Crippen molar-refractivity contribution in [3.63, 3.8) is 0 Å². The van der Waals surface area contributed by atoms with Gasteiger partial charge in [0.05, 0.1) is 12.2 Å². The van der Waals surface area contributed by atoms with Gasteiger partial charge in [0.2, 0.25) is 5.89 Å². The molecular formula is C9H10N6O2S. The van der Waals surface area contributed by atoms with Crippen LogP contribution in [0.25, 0.3) is 0 Å². The van der Waals surface area contributed by atoms with Crippen LogP contribution in [0.1, 0.15) is 34.4 Å². The Morgan fingerprint density at radius 1 is 1.56 bits per heavy atom. The van der Waals surface area contributed by atoms with Crippen LogP contribution in [0.15, 0.2) is 10.6 Å². The Bertz CT molecular complexity index is 533. The lowest BCUT2D eigenvalue weighted by molar-refractivity contribution is 0.102. The van der Waals surface area contributed by atoms with E-state index in [1.807, 2.05) is 0 Å². The molecule has 3 heterocycles. The van der Waals surface area contributed by atoms with Crippen LogP contribution in [0, 0.1) is 0 Å². The van der Waals surface area contributed by atoms with Gasteiger partial charge < -0.3 is 9.73 Å². The van der Waals surface area contributed by atoms with Crippen LogP contribution in [0.3, 0.4) is 0 Å². The fraction of sp³-hybridized carbons (Fsp3) is 0.444. The molecule has 2 N–H and O–H groups in total. The molecule has 94 valence electrons. The molecule has 0 spiro atoms. The number of hydrogen-bond donors (Lipinski definition) is 2. The van der Waals surface area contributed by atoms with E-state index in [0.717, 1.165) is 30.9 Å². The van der Waals surface area contributed by atoms with Gasteiger partial charge in [0.1, 0.15) is 4.88 Å². The predicted molar refractivity (Wildman–Crippen MR) is 62.1 cm³/mol.